The predicted molar refractivity (Wildman–Crippen MR) is 75.1 cm³/mol. The maximum atomic E-state index is 11.5. The van der Waals surface area contributed by atoms with Gasteiger partial charge in [-0.1, -0.05) is 6.07 Å². The molecule has 19 heavy (non-hydrogen) atoms. The average molecular weight is 262 g/mol. The molecule has 1 unspecified atom stereocenters. The van der Waals surface area contributed by atoms with E-state index in [0.29, 0.717) is 24.8 Å². The molecule has 0 fully saturated rings. The lowest BCUT2D eigenvalue weighted by Gasteiger charge is -2.14. The van der Waals surface area contributed by atoms with E-state index in [1.807, 2.05) is 26.0 Å². The monoisotopic (exact) mass is 262 g/mol. The molecule has 0 aromatic heterocycles. The summed E-state index contributed by atoms with van der Waals surface area (Å²) in [6.45, 7) is 4.61. The van der Waals surface area contributed by atoms with E-state index < -0.39 is 0 Å². The zero-order chi connectivity index (χ0) is 13.8. The molecule has 2 rings (SSSR count). The number of amides is 1. The largest absolute Gasteiger partial charge is 0.508 e. The van der Waals surface area contributed by atoms with Crippen molar-refractivity contribution in [3.05, 3.63) is 29.3 Å². The second kappa shape index (κ2) is 6.06. The lowest BCUT2D eigenvalue weighted by molar-refractivity contribution is -0.121. The number of fused-ring (bicyclic) bond motifs is 1. The molecule has 4 nitrogen and oxygen atoms in total. The number of carbonyl (C=O) groups is 1. The van der Waals surface area contributed by atoms with Crippen LogP contribution in [0.1, 0.15) is 43.9 Å². The zero-order valence-corrected chi connectivity index (χ0v) is 11.6. The molecule has 0 saturated heterocycles. The van der Waals surface area contributed by atoms with Crippen LogP contribution < -0.4 is 10.6 Å². The van der Waals surface area contributed by atoms with Gasteiger partial charge in [-0.3, -0.25) is 4.79 Å². The Hall–Kier alpha value is -1.55. The van der Waals surface area contributed by atoms with Gasteiger partial charge >= 0.3 is 0 Å². The first-order chi connectivity index (χ1) is 9.06. The summed E-state index contributed by atoms with van der Waals surface area (Å²) >= 11 is 0. The quantitative estimate of drug-likeness (QED) is 0.759. The number of aryl methyl sites for hydroxylation is 1. The lowest BCUT2D eigenvalue weighted by atomic mass is 10.1. The molecule has 0 heterocycles. The molecular formula is C15H22N2O2. The first-order valence-electron chi connectivity index (χ1n) is 6.91. The van der Waals surface area contributed by atoms with Crippen molar-refractivity contribution in [3.8, 4) is 5.75 Å². The first kappa shape index (κ1) is 13.9. The summed E-state index contributed by atoms with van der Waals surface area (Å²) in [7, 11) is 0. The Bertz CT molecular complexity index is 457. The van der Waals surface area contributed by atoms with Crippen molar-refractivity contribution in [1.29, 1.82) is 0 Å². The van der Waals surface area contributed by atoms with Gasteiger partial charge in [-0.25, -0.2) is 0 Å². The average Bonchev–Trinajstić information content (AvgIpc) is 2.70. The maximum absolute atomic E-state index is 11.5. The van der Waals surface area contributed by atoms with Crippen LogP contribution in [0.5, 0.6) is 5.75 Å². The Morgan fingerprint density at radius 2 is 2.26 bits per heavy atom. The van der Waals surface area contributed by atoms with Crippen LogP contribution in [0.25, 0.3) is 0 Å². The topological polar surface area (TPSA) is 61.4 Å². The molecule has 0 spiro atoms. The van der Waals surface area contributed by atoms with E-state index in [1.54, 1.807) is 6.07 Å². The van der Waals surface area contributed by atoms with Crippen molar-refractivity contribution in [2.24, 2.45) is 0 Å². The third-order valence-corrected chi connectivity index (χ3v) is 3.40. The highest BCUT2D eigenvalue weighted by Crippen LogP contribution is 2.32. The van der Waals surface area contributed by atoms with E-state index >= 15 is 0 Å². The predicted octanol–water partition coefficient (Wildman–Crippen LogP) is 1.88. The molecule has 1 amide bonds. The van der Waals surface area contributed by atoms with Crippen molar-refractivity contribution in [2.45, 2.75) is 45.2 Å². The summed E-state index contributed by atoms with van der Waals surface area (Å²) in [5.74, 6) is 0.419. The minimum atomic E-state index is 0.0893. The highest BCUT2D eigenvalue weighted by Gasteiger charge is 2.22. The lowest BCUT2D eigenvalue weighted by Crippen LogP contribution is -2.33. The first-order valence-corrected chi connectivity index (χ1v) is 6.91. The number of hydrogen-bond acceptors (Lipinski definition) is 3. The van der Waals surface area contributed by atoms with E-state index in [2.05, 4.69) is 10.6 Å². The van der Waals surface area contributed by atoms with Gasteiger partial charge in [-0.2, -0.15) is 0 Å². The molecule has 1 aliphatic rings. The molecule has 1 aliphatic carbocycles. The molecule has 3 N–H and O–H groups in total. The van der Waals surface area contributed by atoms with Gasteiger partial charge in [0.15, 0.2) is 0 Å². The van der Waals surface area contributed by atoms with Crippen LogP contribution >= 0.6 is 0 Å². The Kier molecular flexibility index (Phi) is 4.43. The number of carbonyl (C=O) groups excluding carboxylic acids is 1. The third kappa shape index (κ3) is 3.70. The minimum Gasteiger partial charge on any atom is -0.508 e. The van der Waals surface area contributed by atoms with Crippen LogP contribution in [-0.2, 0) is 11.2 Å². The second-order valence-electron chi connectivity index (χ2n) is 5.40. The van der Waals surface area contributed by atoms with E-state index in [0.717, 1.165) is 12.8 Å². The van der Waals surface area contributed by atoms with Gasteiger partial charge in [0.1, 0.15) is 5.75 Å². The van der Waals surface area contributed by atoms with Gasteiger partial charge in [0, 0.05) is 25.0 Å². The Labute approximate surface area is 114 Å². The molecular weight excluding hydrogens is 240 g/mol. The van der Waals surface area contributed by atoms with Crippen LogP contribution in [0.4, 0.5) is 0 Å². The van der Waals surface area contributed by atoms with Crippen LogP contribution in [-0.4, -0.2) is 23.6 Å². The Morgan fingerprint density at radius 3 is 3.00 bits per heavy atom. The molecule has 1 aromatic rings. The molecule has 0 saturated carbocycles. The maximum Gasteiger partial charge on any atom is 0.221 e. The van der Waals surface area contributed by atoms with Crippen molar-refractivity contribution in [2.75, 3.05) is 6.54 Å². The van der Waals surface area contributed by atoms with Crippen molar-refractivity contribution >= 4 is 5.91 Å². The standard InChI is InChI=1S/C15H22N2O2/c1-10(2)17-15(19)7-8-16-14-6-3-11-9-12(18)4-5-13(11)14/h4-5,9-10,14,16,18H,3,6-8H2,1-2H3,(H,17,19). The summed E-state index contributed by atoms with van der Waals surface area (Å²) in [6, 6.07) is 6.04. The molecule has 1 aromatic carbocycles. The van der Waals surface area contributed by atoms with Crippen LogP contribution in [0, 0.1) is 0 Å². The van der Waals surface area contributed by atoms with Crippen molar-refractivity contribution in [1.82, 2.24) is 10.6 Å². The van der Waals surface area contributed by atoms with Gasteiger partial charge in [-0.15, -0.1) is 0 Å². The number of benzene rings is 1. The summed E-state index contributed by atoms with van der Waals surface area (Å²) in [5.41, 5.74) is 2.46. The molecule has 0 bridgehead atoms. The smallest absolute Gasteiger partial charge is 0.221 e. The van der Waals surface area contributed by atoms with Gasteiger partial charge in [0.25, 0.3) is 0 Å². The van der Waals surface area contributed by atoms with Gasteiger partial charge in [0.05, 0.1) is 0 Å². The molecule has 1 atom stereocenters. The molecule has 0 aliphatic heterocycles. The third-order valence-electron chi connectivity index (χ3n) is 3.40. The summed E-state index contributed by atoms with van der Waals surface area (Å²) in [6.07, 6.45) is 2.52. The second-order valence-corrected chi connectivity index (χ2v) is 5.40. The molecule has 0 radical (unpaired) electrons. The van der Waals surface area contributed by atoms with E-state index in [9.17, 15) is 9.90 Å². The van der Waals surface area contributed by atoms with Crippen molar-refractivity contribution < 1.29 is 9.90 Å². The van der Waals surface area contributed by atoms with Crippen LogP contribution in [0.15, 0.2) is 18.2 Å². The fraction of sp³-hybridized carbons (Fsp3) is 0.533. The van der Waals surface area contributed by atoms with E-state index in [-0.39, 0.29) is 11.9 Å². The highest BCUT2D eigenvalue weighted by molar-refractivity contribution is 5.76. The van der Waals surface area contributed by atoms with Crippen molar-refractivity contribution in [3.63, 3.8) is 0 Å². The fourth-order valence-electron chi connectivity index (χ4n) is 2.57. The molecule has 104 valence electrons. The fourth-order valence-corrected chi connectivity index (χ4v) is 2.57. The van der Waals surface area contributed by atoms with E-state index in [4.69, 9.17) is 0 Å². The number of rotatable bonds is 5. The van der Waals surface area contributed by atoms with Gasteiger partial charge in [0.2, 0.25) is 5.91 Å². The summed E-state index contributed by atoms with van der Waals surface area (Å²) in [4.78, 5) is 11.5. The van der Waals surface area contributed by atoms with Crippen LogP contribution in [0.3, 0.4) is 0 Å². The van der Waals surface area contributed by atoms with Gasteiger partial charge in [-0.05, 0) is 49.9 Å². The Balaban J connectivity index is 1.82. The number of nitrogens with one attached hydrogen (secondary N) is 2. The number of hydrogen-bond donors (Lipinski definition) is 3. The number of phenolic OH excluding ortho intramolecular Hbond substituents is 1. The highest BCUT2D eigenvalue weighted by atomic mass is 16.3. The van der Waals surface area contributed by atoms with Crippen LogP contribution in [0.2, 0.25) is 0 Å². The Morgan fingerprint density at radius 1 is 1.47 bits per heavy atom. The minimum absolute atomic E-state index is 0.0893. The number of phenols is 1. The summed E-state index contributed by atoms with van der Waals surface area (Å²) < 4.78 is 0. The van der Waals surface area contributed by atoms with Gasteiger partial charge < -0.3 is 15.7 Å². The molecule has 4 heteroatoms. The zero-order valence-electron chi connectivity index (χ0n) is 11.6. The number of aromatic hydroxyl groups is 1. The van der Waals surface area contributed by atoms with E-state index in [1.165, 1.54) is 11.1 Å². The summed E-state index contributed by atoms with van der Waals surface area (Å²) in [5, 5.41) is 15.7. The normalized spacial score (nSPS) is 17.5. The SMILES string of the molecule is CC(C)NC(=O)CCNC1CCc2cc(O)ccc21.